The van der Waals surface area contributed by atoms with Crippen LogP contribution < -0.4 is 0 Å². The van der Waals surface area contributed by atoms with Crippen LogP contribution in [0.4, 0.5) is 5.69 Å². The maximum Gasteiger partial charge on any atom is 0.275 e. The molecule has 2 aromatic carbocycles. The second-order valence-corrected chi connectivity index (χ2v) is 8.87. The second kappa shape index (κ2) is 6.98. The predicted molar refractivity (Wildman–Crippen MR) is 99.8 cm³/mol. The Balaban J connectivity index is 2.01. The fraction of sp³-hybridized carbons (Fsp3) is 0.333. The Hall–Kier alpha value is -1.96. The molecule has 8 heteroatoms. The number of rotatable bonds is 6. The molecule has 0 amide bonds. The minimum Gasteiger partial charge on any atom is -0.258 e. The molecule has 0 bridgehead atoms. The molecule has 0 N–H and O–H groups in total. The summed E-state index contributed by atoms with van der Waals surface area (Å²) >= 11 is 6.06. The van der Waals surface area contributed by atoms with Crippen molar-refractivity contribution in [3.63, 3.8) is 0 Å². The minimum atomic E-state index is -3.90. The summed E-state index contributed by atoms with van der Waals surface area (Å²) in [6.07, 6.45) is 1.57. The zero-order chi connectivity index (χ0) is 19.1. The molecule has 2 aromatic rings. The molecule has 0 radical (unpaired) electrons. The highest BCUT2D eigenvalue weighted by Crippen LogP contribution is 2.36. The average Bonchev–Trinajstić information content (AvgIpc) is 3.40. The van der Waals surface area contributed by atoms with Crippen molar-refractivity contribution in [2.45, 2.75) is 44.2 Å². The van der Waals surface area contributed by atoms with Crippen molar-refractivity contribution in [2.75, 3.05) is 0 Å². The van der Waals surface area contributed by atoms with Crippen LogP contribution in [-0.4, -0.2) is 23.7 Å². The molecule has 6 nitrogen and oxygen atoms in total. The Labute approximate surface area is 157 Å². The van der Waals surface area contributed by atoms with E-state index in [1.54, 1.807) is 0 Å². The molecule has 0 aliphatic heterocycles. The van der Waals surface area contributed by atoms with E-state index >= 15 is 0 Å². The molecule has 0 spiro atoms. The molecule has 0 atom stereocenters. The van der Waals surface area contributed by atoms with Gasteiger partial charge in [-0.15, -0.1) is 0 Å². The van der Waals surface area contributed by atoms with Gasteiger partial charge in [0.05, 0.1) is 14.8 Å². The van der Waals surface area contributed by atoms with E-state index in [2.05, 4.69) is 0 Å². The second-order valence-electron chi connectivity index (χ2n) is 6.57. The van der Waals surface area contributed by atoms with Gasteiger partial charge >= 0.3 is 0 Å². The van der Waals surface area contributed by atoms with Crippen molar-refractivity contribution in [3.05, 3.63) is 68.2 Å². The predicted octanol–water partition coefficient (Wildman–Crippen LogP) is 4.22. The van der Waals surface area contributed by atoms with E-state index in [1.165, 1.54) is 17.3 Å². The summed E-state index contributed by atoms with van der Waals surface area (Å²) in [5.74, 6) is 0. The van der Waals surface area contributed by atoms with Gasteiger partial charge in [0.1, 0.15) is 0 Å². The van der Waals surface area contributed by atoms with E-state index in [1.807, 2.05) is 31.2 Å². The lowest BCUT2D eigenvalue weighted by molar-refractivity contribution is -0.385. The summed E-state index contributed by atoms with van der Waals surface area (Å²) < 4.78 is 27.8. The lowest BCUT2D eigenvalue weighted by Gasteiger charge is -2.22. The van der Waals surface area contributed by atoms with Gasteiger partial charge in [-0.1, -0.05) is 41.4 Å². The van der Waals surface area contributed by atoms with Gasteiger partial charge in [0.25, 0.3) is 5.69 Å². The highest BCUT2D eigenvalue weighted by atomic mass is 35.5. The van der Waals surface area contributed by atoms with Crippen molar-refractivity contribution in [3.8, 4) is 0 Å². The smallest absolute Gasteiger partial charge is 0.258 e. The van der Waals surface area contributed by atoms with E-state index in [9.17, 15) is 18.5 Å². The molecular weight excluding hydrogens is 376 g/mol. The van der Waals surface area contributed by atoms with Crippen molar-refractivity contribution in [2.24, 2.45) is 0 Å². The number of aryl methyl sites for hydroxylation is 1. The number of halogens is 1. The van der Waals surface area contributed by atoms with Crippen molar-refractivity contribution < 1.29 is 13.3 Å². The van der Waals surface area contributed by atoms with Crippen LogP contribution in [0.25, 0.3) is 0 Å². The topological polar surface area (TPSA) is 80.5 Å². The van der Waals surface area contributed by atoms with Crippen LogP contribution in [0, 0.1) is 24.0 Å². The molecule has 1 aliphatic rings. The van der Waals surface area contributed by atoms with Gasteiger partial charge in [0.2, 0.25) is 10.0 Å². The van der Waals surface area contributed by atoms with Crippen LogP contribution in [0.2, 0.25) is 5.02 Å². The SMILES string of the molecule is Cc1ccc(CN(C2CC2)S(=O)(=O)c2cc(Cl)c(C)c([N+](=O)[O-])c2)cc1. The fourth-order valence-corrected chi connectivity index (χ4v) is 4.76. The van der Waals surface area contributed by atoms with Gasteiger partial charge in [-0.25, -0.2) is 8.42 Å². The molecule has 138 valence electrons. The van der Waals surface area contributed by atoms with Gasteiger partial charge in [-0.05, 0) is 38.3 Å². The van der Waals surface area contributed by atoms with E-state index in [4.69, 9.17) is 11.6 Å². The summed E-state index contributed by atoms with van der Waals surface area (Å²) in [6, 6.07) is 9.96. The third-order valence-corrected chi connectivity index (χ3v) is 6.78. The molecule has 26 heavy (non-hydrogen) atoms. The highest BCUT2D eigenvalue weighted by molar-refractivity contribution is 7.89. The third-order valence-electron chi connectivity index (χ3n) is 4.51. The van der Waals surface area contributed by atoms with Gasteiger partial charge in [0, 0.05) is 24.2 Å². The summed E-state index contributed by atoms with van der Waals surface area (Å²) in [5, 5.41) is 11.3. The Bertz CT molecular complexity index is 954. The van der Waals surface area contributed by atoms with Gasteiger partial charge < -0.3 is 0 Å². The molecule has 1 fully saturated rings. The molecule has 1 saturated carbocycles. The number of nitro benzene ring substituents is 1. The lowest BCUT2D eigenvalue weighted by atomic mass is 10.1. The molecule has 0 saturated heterocycles. The Kier molecular flexibility index (Phi) is 5.05. The largest absolute Gasteiger partial charge is 0.275 e. The number of nitrogens with zero attached hydrogens (tertiary/aromatic N) is 2. The summed E-state index contributed by atoms with van der Waals surface area (Å²) in [7, 11) is -3.90. The first kappa shape index (κ1) is 18.8. The molecule has 0 aromatic heterocycles. The van der Waals surface area contributed by atoms with Crippen LogP contribution in [0.15, 0.2) is 41.3 Å². The summed E-state index contributed by atoms with van der Waals surface area (Å²) in [4.78, 5) is 10.5. The number of benzene rings is 2. The van der Waals surface area contributed by atoms with Gasteiger partial charge in [-0.3, -0.25) is 10.1 Å². The quantitative estimate of drug-likeness (QED) is 0.542. The molecule has 1 aliphatic carbocycles. The molecular formula is C18H19ClN2O4S. The van der Waals surface area contributed by atoms with Gasteiger partial charge in [0.15, 0.2) is 0 Å². The lowest BCUT2D eigenvalue weighted by Crippen LogP contribution is -2.32. The molecule has 0 heterocycles. The van der Waals surface area contributed by atoms with E-state index in [-0.39, 0.29) is 33.8 Å². The van der Waals surface area contributed by atoms with Crippen molar-refractivity contribution in [1.82, 2.24) is 4.31 Å². The third kappa shape index (κ3) is 3.75. The van der Waals surface area contributed by atoms with Crippen LogP contribution in [0.1, 0.15) is 29.5 Å². The van der Waals surface area contributed by atoms with E-state index in [0.717, 1.165) is 30.0 Å². The standard InChI is InChI=1S/C18H19ClN2O4S/c1-12-3-5-14(6-4-12)11-20(15-7-8-15)26(24,25)16-9-17(19)13(2)18(10-16)21(22)23/h3-6,9-10,15H,7-8,11H2,1-2H3. The first-order chi connectivity index (χ1) is 12.2. The molecule has 3 rings (SSSR count). The summed E-state index contributed by atoms with van der Waals surface area (Å²) in [6.45, 7) is 3.70. The van der Waals surface area contributed by atoms with Crippen LogP contribution >= 0.6 is 11.6 Å². The summed E-state index contributed by atoms with van der Waals surface area (Å²) in [5.41, 5.74) is 1.93. The average molecular weight is 395 g/mol. The first-order valence-electron chi connectivity index (χ1n) is 8.22. The number of sulfonamides is 1. The Morgan fingerprint density at radius 3 is 2.35 bits per heavy atom. The Morgan fingerprint density at radius 1 is 1.19 bits per heavy atom. The van der Waals surface area contributed by atoms with Crippen LogP contribution in [0.5, 0.6) is 0 Å². The number of hydrogen-bond donors (Lipinski definition) is 0. The minimum absolute atomic E-state index is 0.0730. The van der Waals surface area contributed by atoms with Gasteiger partial charge in [-0.2, -0.15) is 4.31 Å². The number of hydrogen-bond acceptors (Lipinski definition) is 4. The number of nitro groups is 1. The monoisotopic (exact) mass is 394 g/mol. The van der Waals surface area contributed by atoms with Crippen LogP contribution in [0.3, 0.4) is 0 Å². The maximum absolute atomic E-state index is 13.2. The van der Waals surface area contributed by atoms with E-state index in [0.29, 0.717) is 0 Å². The first-order valence-corrected chi connectivity index (χ1v) is 10.0. The molecule has 0 unspecified atom stereocenters. The van der Waals surface area contributed by atoms with Crippen molar-refractivity contribution >= 4 is 27.3 Å². The zero-order valence-electron chi connectivity index (χ0n) is 14.5. The van der Waals surface area contributed by atoms with Crippen LogP contribution in [-0.2, 0) is 16.6 Å². The maximum atomic E-state index is 13.2. The normalized spacial score (nSPS) is 14.6. The van der Waals surface area contributed by atoms with Crippen molar-refractivity contribution in [1.29, 1.82) is 0 Å². The van der Waals surface area contributed by atoms with E-state index < -0.39 is 14.9 Å². The zero-order valence-corrected chi connectivity index (χ0v) is 16.0. The fourth-order valence-electron chi connectivity index (χ4n) is 2.76. The highest BCUT2D eigenvalue weighted by Gasteiger charge is 2.39. The Morgan fingerprint density at radius 2 is 1.81 bits per heavy atom.